The summed E-state index contributed by atoms with van der Waals surface area (Å²) in [5.74, 6) is 1.94. The van der Waals surface area contributed by atoms with Crippen LogP contribution in [0.15, 0.2) is 41.2 Å². The summed E-state index contributed by atoms with van der Waals surface area (Å²) in [6.45, 7) is 0.0276. The third kappa shape index (κ3) is 3.35. The number of aromatic carboxylic acids is 1. The first kappa shape index (κ1) is 18.7. The van der Waals surface area contributed by atoms with Gasteiger partial charge in [0, 0.05) is 5.69 Å². The van der Waals surface area contributed by atoms with E-state index >= 15 is 0 Å². The summed E-state index contributed by atoms with van der Waals surface area (Å²) in [4.78, 5) is 32.5. The summed E-state index contributed by atoms with van der Waals surface area (Å²) in [5, 5.41) is 18.9. The third-order valence-electron chi connectivity index (χ3n) is 5.30. The zero-order valence-electron chi connectivity index (χ0n) is 15.6. The number of terminal acetylenes is 1. The van der Waals surface area contributed by atoms with Crippen LogP contribution >= 0.6 is 0 Å². The fourth-order valence-corrected chi connectivity index (χ4v) is 3.94. The van der Waals surface area contributed by atoms with Crippen molar-refractivity contribution in [3.63, 3.8) is 0 Å². The van der Waals surface area contributed by atoms with E-state index in [-0.39, 0.29) is 29.6 Å². The van der Waals surface area contributed by atoms with Gasteiger partial charge in [-0.3, -0.25) is 4.79 Å². The molecule has 4 rings (SSSR count). The molecule has 0 fully saturated rings. The Kier molecular flexibility index (Phi) is 4.79. The summed E-state index contributed by atoms with van der Waals surface area (Å²) in [7, 11) is 0. The molecule has 1 atom stereocenters. The first-order valence-electron chi connectivity index (χ1n) is 9.22. The van der Waals surface area contributed by atoms with Crippen molar-refractivity contribution in [2.75, 3.05) is 11.4 Å². The number of aryl methyl sites for hydroxylation is 1. The number of benzene rings is 2. The molecule has 7 nitrogen and oxygen atoms in total. The molecule has 0 unspecified atom stereocenters. The molecule has 1 aromatic heterocycles. The molecule has 0 saturated carbocycles. The topological polar surface area (TPSA) is 107 Å². The fraction of sp³-hybridized carbons (Fsp3) is 0.227. The van der Waals surface area contributed by atoms with Crippen molar-refractivity contribution in [1.29, 1.82) is 0 Å². The Hall–Kier alpha value is -3.63. The van der Waals surface area contributed by atoms with Crippen LogP contribution < -0.4 is 10.5 Å². The molecule has 146 valence electrons. The lowest BCUT2D eigenvalue weighted by molar-refractivity contribution is 0.0697. The lowest BCUT2D eigenvalue weighted by atomic mass is 10.0. The van der Waals surface area contributed by atoms with Crippen LogP contribution in [0.5, 0.6) is 0 Å². The molecule has 0 bridgehead atoms. The molecule has 3 aromatic rings. The Bertz CT molecular complexity index is 1190. The van der Waals surface area contributed by atoms with E-state index in [1.165, 1.54) is 0 Å². The van der Waals surface area contributed by atoms with Gasteiger partial charge in [0.05, 0.1) is 29.1 Å². The summed E-state index contributed by atoms with van der Waals surface area (Å²) in [6, 6.07) is 10.3. The maximum absolute atomic E-state index is 12.4. The van der Waals surface area contributed by atoms with Crippen LogP contribution in [0.1, 0.15) is 39.8 Å². The van der Waals surface area contributed by atoms with E-state index in [1.54, 1.807) is 24.3 Å². The highest BCUT2D eigenvalue weighted by Gasteiger charge is 2.29. The van der Waals surface area contributed by atoms with E-state index in [9.17, 15) is 14.7 Å². The number of carboxylic acids is 1. The predicted molar refractivity (Wildman–Crippen MR) is 109 cm³/mol. The van der Waals surface area contributed by atoms with Crippen molar-refractivity contribution in [2.45, 2.75) is 25.5 Å². The average molecular weight is 389 g/mol. The molecular weight excluding hydrogens is 370 g/mol. The van der Waals surface area contributed by atoms with Gasteiger partial charge in [-0.25, -0.2) is 9.78 Å². The lowest BCUT2D eigenvalue weighted by Gasteiger charge is -2.30. The highest BCUT2D eigenvalue weighted by Crippen LogP contribution is 2.39. The van der Waals surface area contributed by atoms with Crippen molar-refractivity contribution in [1.82, 2.24) is 9.97 Å². The molecule has 29 heavy (non-hydrogen) atoms. The average Bonchev–Trinajstić information content (AvgIpc) is 3.13. The van der Waals surface area contributed by atoms with Crippen LogP contribution in [-0.2, 0) is 13.0 Å². The maximum Gasteiger partial charge on any atom is 0.335 e. The zero-order chi connectivity index (χ0) is 20.5. The van der Waals surface area contributed by atoms with E-state index in [1.807, 2.05) is 17.0 Å². The molecule has 1 heterocycles. The maximum atomic E-state index is 12.4. The van der Waals surface area contributed by atoms with Crippen LogP contribution in [0.2, 0.25) is 0 Å². The summed E-state index contributed by atoms with van der Waals surface area (Å²) >= 11 is 0. The predicted octanol–water partition coefficient (Wildman–Crippen LogP) is 2.24. The monoisotopic (exact) mass is 389 g/mol. The molecule has 3 N–H and O–H groups in total. The summed E-state index contributed by atoms with van der Waals surface area (Å²) in [5.41, 5.74) is 3.42. The van der Waals surface area contributed by atoms with Crippen LogP contribution in [0.4, 0.5) is 5.69 Å². The van der Waals surface area contributed by atoms with Crippen LogP contribution in [-0.4, -0.2) is 32.7 Å². The zero-order valence-corrected chi connectivity index (χ0v) is 15.6. The minimum Gasteiger partial charge on any atom is -0.478 e. The highest BCUT2D eigenvalue weighted by atomic mass is 16.4. The molecule has 0 amide bonds. The Balaban J connectivity index is 1.78. The number of nitrogens with one attached hydrogen (secondary N) is 1. The number of hydrogen-bond donors (Lipinski definition) is 3. The SMILES string of the molecule is C#CCN(c1ccc(C(=O)O)cc1)[C@H]1CCc2cc3nc(CO)[nH]c(=O)c3cc21. The molecule has 0 spiro atoms. The number of hydrogen-bond acceptors (Lipinski definition) is 5. The fourth-order valence-electron chi connectivity index (χ4n) is 3.94. The lowest BCUT2D eigenvalue weighted by Crippen LogP contribution is -2.28. The van der Waals surface area contributed by atoms with Crippen molar-refractivity contribution >= 4 is 22.6 Å². The van der Waals surface area contributed by atoms with Gasteiger partial charge in [-0.1, -0.05) is 5.92 Å². The molecule has 2 aromatic carbocycles. The van der Waals surface area contributed by atoms with Crippen molar-refractivity contribution in [3.8, 4) is 12.3 Å². The Labute approximate surface area is 166 Å². The van der Waals surface area contributed by atoms with Crippen LogP contribution in [0.3, 0.4) is 0 Å². The van der Waals surface area contributed by atoms with Crippen molar-refractivity contribution in [3.05, 3.63) is 69.3 Å². The number of carboxylic acid groups (broad SMARTS) is 1. The number of anilines is 1. The number of aliphatic hydroxyl groups excluding tert-OH is 1. The van der Waals surface area contributed by atoms with Gasteiger partial charge in [-0.05, 0) is 60.4 Å². The van der Waals surface area contributed by atoms with E-state index in [0.717, 1.165) is 29.7 Å². The van der Waals surface area contributed by atoms with Gasteiger partial charge >= 0.3 is 5.97 Å². The number of aliphatic hydroxyl groups is 1. The molecule has 7 heteroatoms. The second-order valence-electron chi connectivity index (χ2n) is 6.98. The number of nitrogens with zero attached hydrogens (tertiary/aromatic N) is 2. The van der Waals surface area contributed by atoms with Gasteiger partial charge in [0.15, 0.2) is 0 Å². The largest absolute Gasteiger partial charge is 0.478 e. The Morgan fingerprint density at radius 1 is 1.31 bits per heavy atom. The number of aromatic amines is 1. The second-order valence-corrected chi connectivity index (χ2v) is 6.98. The summed E-state index contributed by atoms with van der Waals surface area (Å²) < 4.78 is 0. The second kappa shape index (κ2) is 7.41. The quantitative estimate of drug-likeness (QED) is 0.578. The number of carbonyl (C=O) groups is 1. The van der Waals surface area contributed by atoms with Crippen LogP contribution in [0.25, 0.3) is 10.9 Å². The van der Waals surface area contributed by atoms with Crippen LogP contribution in [0, 0.1) is 12.3 Å². The van der Waals surface area contributed by atoms with E-state index in [2.05, 4.69) is 15.9 Å². The van der Waals surface area contributed by atoms with Gasteiger partial charge in [-0.15, -0.1) is 6.42 Å². The van der Waals surface area contributed by atoms with E-state index < -0.39 is 5.97 Å². The molecular formula is C22H19N3O4. The minimum absolute atomic E-state index is 0.0296. The molecule has 0 aliphatic heterocycles. The number of rotatable bonds is 5. The molecule has 0 saturated heterocycles. The normalized spacial score (nSPS) is 15.1. The molecule has 0 radical (unpaired) electrons. The van der Waals surface area contributed by atoms with Gasteiger partial charge in [0.1, 0.15) is 12.4 Å². The Morgan fingerprint density at radius 3 is 2.72 bits per heavy atom. The van der Waals surface area contributed by atoms with Crippen molar-refractivity contribution < 1.29 is 15.0 Å². The first-order chi connectivity index (χ1) is 14.0. The van der Waals surface area contributed by atoms with Gasteiger partial charge in [0.2, 0.25) is 0 Å². The van der Waals surface area contributed by atoms with Gasteiger partial charge in [-0.2, -0.15) is 0 Å². The number of aromatic nitrogens is 2. The first-order valence-corrected chi connectivity index (χ1v) is 9.22. The molecule has 1 aliphatic carbocycles. The number of fused-ring (bicyclic) bond motifs is 2. The smallest absolute Gasteiger partial charge is 0.335 e. The third-order valence-corrected chi connectivity index (χ3v) is 5.30. The van der Waals surface area contributed by atoms with E-state index in [0.29, 0.717) is 17.4 Å². The standard InChI is InChI=1S/C22H19N3O4/c1-2-9-25(15-6-3-13(4-7-15)22(28)29)19-8-5-14-10-18-17(11-16(14)19)21(27)24-20(12-26)23-18/h1,3-4,6-7,10-11,19,26H,5,8-9,12H2,(H,28,29)(H,23,24,27)/t19-/m0/s1. The number of H-pyrrole nitrogens is 1. The summed E-state index contributed by atoms with van der Waals surface area (Å²) in [6.07, 6.45) is 7.24. The highest BCUT2D eigenvalue weighted by molar-refractivity contribution is 5.88. The molecule has 1 aliphatic rings. The van der Waals surface area contributed by atoms with E-state index in [4.69, 9.17) is 11.5 Å². The van der Waals surface area contributed by atoms with Crippen molar-refractivity contribution in [2.24, 2.45) is 0 Å². The van der Waals surface area contributed by atoms with Gasteiger partial charge < -0.3 is 20.1 Å². The van der Waals surface area contributed by atoms with Gasteiger partial charge in [0.25, 0.3) is 5.56 Å². The minimum atomic E-state index is -0.980. The Morgan fingerprint density at radius 2 is 2.07 bits per heavy atom.